The van der Waals surface area contributed by atoms with E-state index < -0.39 is 0 Å². The van der Waals surface area contributed by atoms with Gasteiger partial charge >= 0.3 is 0 Å². The monoisotopic (exact) mass is 255 g/mol. The summed E-state index contributed by atoms with van der Waals surface area (Å²) in [5, 5.41) is 3.74. The minimum atomic E-state index is 0.495. The lowest BCUT2D eigenvalue weighted by Gasteiger charge is -2.20. The van der Waals surface area contributed by atoms with E-state index in [9.17, 15) is 0 Å². The van der Waals surface area contributed by atoms with Crippen molar-refractivity contribution in [3.05, 3.63) is 0 Å². The average molecular weight is 255 g/mol. The topological polar surface area (TPSA) is 21.3 Å². The molecule has 0 aromatic carbocycles. The lowest BCUT2D eigenvalue weighted by atomic mass is 10.1. The largest absolute Gasteiger partial charge is 0.381 e. The van der Waals surface area contributed by atoms with Gasteiger partial charge in [-0.05, 0) is 32.2 Å². The molecule has 1 fully saturated rings. The van der Waals surface area contributed by atoms with Crippen LogP contribution < -0.4 is 5.32 Å². The van der Waals surface area contributed by atoms with Crippen LogP contribution in [0.5, 0.6) is 0 Å². The van der Waals surface area contributed by atoms with Crippen molar-refractivity contribution in [1.82, 2.24) is 5.32 Å². The second-order valence-corrected chi connectivity index (χ2v) is 5.80. The number of hydrogen-bond donors (Lipinski definition) is 1. The fourth-order valence-electron chi connectivity index (χ4n) is 2.93. The molecule has 2 atom stereocenters. The van der Waals surface area contributed by atoms with E-state index >= 15 is 0 Å². The molecule has 1 rings (SSSR count). The van der Waals surface area contributed by atoms with Gasteiger partial charge in [-0.2, -0.15) is 0 Å². The molecule has 1 aliphatic carbocycles. The molecule has 0 spiro atoms. The predicted octanol–water partition coefficient (Wildman–Crippen LogP) is 4.28. The van der Waals surface area contributed by atoms with Gasteiger partial charge in [-0.3, -0.25) is 0 Å². The van der Waals surface area contributed by atoms with Gasteiger partial charge in [0, 0.05) is 13.2 Å². The zero-order chi connectivity index (χ0) is 13.1. The first kappa shape index (κ1) is 16.0. The molecule has 0 aromatic rings. The minimum absolute atomic E-state index is 0.495. The zero-order valence-corrected chi connectivity index (χ0v) is 12.5. The zero-order valence-electron chi connectivity index (χ0n) is 12.5. The van der Waals surface area contributed by atoms with Crippen molar-refractivity contribution in [2.45, 2.75) is 89.7 Å². The van der Waals surface area contributed by atoms with Gasteiger partial charge in [-0.25, -0.2) is 0 Å². The molecule has 0 saturated heterocycles. The molecule has 1 saturated carbocycles. The van der Waals surface area contributed by atoms with Crippen LogP contribution >= 0.6 is 0 Å². The Morgan fingerprint density at radius 1 is 1.00 bits per heavy atom. The highest BCUT2D eigenvalue weighted by Gasteiger charge is 2.18. The lowest BCUT2D eigenvalue weighted by molar-refractivity contribution is 0.0834. The van der Waals surface area contributed by atoms with Crippen LogP contribution in [0, 0.1) is 0 Å². The molecule has 0 bridgehead atoms. The van der Waals surface area contributed by atoms with Crippen LogP contribution in [-0.2, 0) is 4.74 Å². The first-order chi connectivity index (χ1) is 8.86. The molecule has 2 nitrogen and oxygen atoms in total. The molecular weight excluding hydrogens is 222 g/mol. The van der Waals surface area contributed by atoms with Crippen molar-refractivity contribution in [3.63, 3.8) is 0 Å². The molecule has 0 amide bonds. The summed E-state index contributed by atoms with van der Waals surface area (Å²) >= 11 is 0. The summed E-state index contributed by atoms with van der Waals surface area (Å²) in [6, 6.07) is 0.702. The maximum absolute atomic E-state index is 5.53. The van der Waals surface area contributed by atoms with E-state index in [0.29, 0.717) is 12.1 Å². The van der Waals surface area contributed by atoms with Gasteiger partial charge in [0.2, 0.25) is 0 Å². The molecule has 0 aromatic heterocycles. The fraction of sp³-hybridized carbons (Fsp3) is 1.00. The summed E-state index contributed by atoms with van der Waals surface area (Å²) in [4.78, 5) is 0. The minimum Gasteiger partial charge on any atom is -0.381 e. The highest BCUT2D eigenvalue weighted by Crippen LogP contribution is 2.20. The summed E-state index contributed by atoms with van der Waals surface area (Å²) in [7, 11) is 1.86. The third-order valence-corrected chi connectivity index (χ3v) is 4.17. The Kier molecular flexibility index (Phi) is 9.59. The van der Waals surface area contributed by atoms with Crippen LogP contribution in [-0.4, -0.2) is 25.8 Å². The van der Waals surface area contributed by atoms with Gasteiger partial charge in [0.1, 0.15) is 0 Å². The first-order valence-corrected chi connectivity index (χ1v) is 8.13. The Morgan fingerprint density at radius 3 is 2.50 bits per heavy atom. The second-order valence-electron chi connectivity index (χ2n) is 5.80. The molecule has 0 radical (unpaired) electrons. The van der Waals surface area contributed by atoms with Crippen LogP contribution in [0.25, 0.3) is 0 Å². The number of methoxy groups -OCH3 is 1. The predicted molar refractivity (Wildman–Crippen MR) is 79.0 cm³/mol. The first-order valence-electron chi connectivity index (χ1n) is 8.13. The van der Waals surface area contributed by atoms with Crippen LogP contribution in [0.1, 0.15) is 77.6 Å². The van der Waals surface area contributed by atoms with Gasteiger partial charge in [0.05, 0.1) is 6.10 Å². The van der Waals surface area contributed by atoms with Gasteiger partial charge in [0.25, 0.3) is 0 Å². The molecule has 2 heteroatoms. The molecular formula is C16H33NO. The molecule has 108 valence electrons. The van der Waals surface area contributed by atoms with Crippen molar-refractivity contribution in [2.24, 2.45) is 0 Å². The van der Waals surface area contributed by atoms with Gasteiger partial charge in [-0.1, -0.05) is 51.9 Å². The fourth-order valence-corrected chi connectivity index (χ4v) is 2.93. The van der Waals surface area contributed by atoms with E-state index in [2.05, 4.69) is 12.2 Å². The van der Waals surface area contributed by atoms with Crippen molar-refractivity contribution in [2.75, 3.05) is 13.7 Å². The lowest BCUT2D eigenvalue weighted by Crippen LogP contribution is -2.32. The third kappa shape index (κ3) is 7.38. The molecule has 0 aliphatic heterocycles. The van der Waals surface area contributed by atoms with E-state index in [-0.39, 0.29) is 0 Å². The Balaban J connectivity index is 1.99. The summed E-state index contributed by atoms with van der Waals surface area (Å²) in [5.74, 6) is 0. The maximum Gasteiger partial charge on any atom is 0.0586 e. The summed E-state index contributed by atoms with van der Waals surface area (Å²) in [6.45, 7) is 3.48. The van der Waals surface area contributed by atoms with E-state index in [0.717, 1.165) is 0 Å². The summed E-state index contributed by atoms with van der Waals surface area (Å²) < 4.78 is 5.53. The van der Waals surface area contributed by atoms with Crippen LogP contribution in [0.2, 0.25) is 0 Å². The van der Waals surface area contributed by atoms with Crippen molar-refractivity contribution in [3.8, 4) is 0 Å². The number of unbranched alkanes of at least 4 members (excludes halogenated alkanes) is 5. The highest BCUT2D eigenvalue weighted by atomic mass is 16.5. The standard InChI is InChI=1S/C16H33NO/c1-3-4-5-6-7-10-13-17-15-11-8-9-12-16(14-15)18-2/h15-17H,3-14H2,1-2H3/t15-,16+/m1/s1. The van der Waals surface area contributed by atoms with E-state index in [1.165, 1.54) is 77.2 Å². The Labute approximate surface area is 114 Å². The van der Waals surface area contributed by atoms with Crippen LogP contribution in [0.15, 0.2) is 0 Å². The van der Waals surface area contributed by atoms with Crippen molar-refractivity contribution >= 4 is 0 Å². The van der Waals surface area contributed by atoms with Gasteiger partial charge in [0.15, 0.2) is 0 Å². The van der Waals surface area contributed by atoms with E-state index in [4.69, 9.17) is 4.74 Å². The number of rotatable bonds is 9. The summed E-state index contributed by atoms with van der Waals surface area (Å²) in [5.41, 5.74) is 0. The number of nitrogens with one attached hydrogen (secondary N) is 1. The second kappa shape index (κ2) is 10.8. The summed E-state index contributed by atoms with van der Waals surface area (Å²) in [6.07, 6.45) is 15.4. The highest BCUT2D eigenvalue weighted by molar-refractivity contribution is 4.76. The Hall–Kier alpha value is -0.0800. The Morgan fingerprint density at radius 2 is 1.72 bits per heavy atom. The molecule has 0 heterocycles. The molecule has 1 N–H and O–H groups in total. The van der Waals surface area contributed by atoms with Crippen LogP contribution in [0.3, 0.4) is 0 Å². The average Bonchev–Trinajstić information content (AvgIpc) is 2.63. The van der Waals surface area contributed by atoms with Crippen molar-refractivity contribution < 1.29 is 4.74 Å². The SMILES string of the molecule is CCCCCCCCN[C@@H]1CCCC[C@H](OC)C1. The molecule has 18 heavy (non-hydrogen) atoms. The number of ether oxygens (including phenoxy) is 1. The van der Waals surface area contributed by atoms with Crippen molar-refractivity contribution in [1.29, 1.82) is 0 Å². The molecule has 0 unspecified atom stereocenters. The normalized spacial score (nSPS) is 25.0. The van der Waals surface area contributed by atoms with E-state index in [1.807, 2.05) is 7.11 Å². The van der Waals surface area contributed by atoms with Gasteiger partial charge < -0.3 is 10.1 Å². The molecule has 1 aliphatic rings. The van der Waals surface area contributed by atoms with Gasteiger partial charge in [-0.15, -0.1) is 0 Å². The number of hydrogen-bond acceptors (Lipinski definition) is 2. The smallest absolute Gasteiger partial charge is 0.0586 e. The van der Waals surface area contributed by atoms with Crippen LogP contribution in [0.4, 0.5) is 0 Å². The third-order valence-electron chi connectivity index (χ3n) is 4.17. The Bertz CT molecular complexity index is 184. The maximum atomic E-state index is 5.53. The van der Waals surface area contributed by atoms with E-state index in [1.54, 1.807) is 0 Å². The quantitative estimate of drug-likeness (QED) is 0.490.